The predicted octanol–water partition coefficient (Wildman–Crippen LogP) is 1.63. The lowest BCUT2D eigenvalue weighted by atomic mass is 10.2. The van der Waals surface area contributed by atoms with Crippen molar-refractivity contribution in [1.29, 1.82) is 0 Å². The van der Waals surface area contributed by atoms with E-state index >= 15 is 0 Å². The van der Waals surface area contributed by atoms with Gasteiger partial charge in [-0.05, 0) is 25.5 Å². The molecule has 18 heavy (non-hydrogen) atoms. The molecular weight excluding hydrogens is 234 g/mol. The Kier molecular flexibility index (Phi) is 2.97. The van der Waals surface area contributed by atoms with Gasteiger partial charge in [-0.2, -0.15) is 0 Å². The van der Waals surface area contributed by atoms with Crippen molar-refractivity contribution in [2.24, 2.45) is 0 Å². The number of aromatic nitrogens is 3. The number of hydrogen-bond donors (Lipinski definition) is 1. The fourth-order valence-electron chi connectivity index (χ4n) is 1.83. The molecule has 0 spiro atoms. The van der Waals surface area contributed by atoms with Crippen LogP contribution in [-0.2, 0) is 6.42 Å². The molecule has 7 nitrogen and oxygen atoms in total. The first-order valence-corrected chi connectivity index (χ1v) is 5.50. The number of nitro benzene ring substituents is 1. The number of rotatable bonds is 3. The molecule has 7 heteroatoms. The van der Waals surface area contributed by atoms with E-state index in [0.717, 1.165) is 11.4 Å². The Morgan fingerprint density at radius 2 is 2.22 bits per heavy atom. The maximum Gasteiger partial charge on any atom is 0.272 e. The van der Waals surface area contributed by atoms with Crippen LogP contribution in [0.15, 0.2) is 18.2 Å². The van der Waals surface area contributed by atoms with E-state index in [1.807, 2.05) is 6.92 Å². The first-order chi connectivity index (χ1) is 8.54. The van der Waals surface area contributed by atoms with Crippen molar-refractivity contribution in [3.8, 4) is 5.69 Å². The number of benzene rings is 1. The summed E-state index contributed by atoms with van der Waals surface area (Å²) in [4.78, 5) is 10.3. The molecule has 2 N–H and O–H groups in total. The Bertz CT molecular complexity index is 605. The molecule has 0 bridgehead atoms. The van der Waals surface area contributed by atoms with Crippen molar-refractivity contribution in [2.45, 2.75) is 20.3 Å². The molecule has 94 valence electrons. The number of nitrogens with zero attached hydrogens (tertiary/aromatic N) is 4. The normalized spacial score (nSPS) is 10.6. The van der Waals surface area contributed by atoms with Crippen LogP contribution in [0.5, 0.6) is 0 Å². The third-order valence-electron chi connectivity index (χ3n) is 2.75. The Hall–Kier alpha value is -2.44. The smallest absolute Gasteiger partial charge is 0.272 e. The van der Waals surface area contributed by atoms with Crippen molar-refractivity contribution in [3.05, 3.63) is 39.6 Å². The van der Waals surface area contributed by atoms with Crippen molar-refractivity contribution in [2.75, 3.05) is 5.73 Å². The van der Waals surface area contributed by atoms with Crippen molar-refractivity contribution in [3.63, 3.8) is 0 Å². The van der Waals surface area contributed by atoms with Crippen LogP contribution in [-0.4, -0.2) is 19.9 Å². The highest BCUT2D eigenvalue weighted by Gasteiger charge is 2.14. The zero-order chi connectivity index (χ0) is 13.3. The Morgan fingerprint density at radius 1 is 1.50 bits per heavy atom. The van der Waals surface area contributed by atoms with Crippen molar-refractivity contribution >= 4 is 11.5 Å². The maximum atomic E-state index is 10.7. The van der Waals surface area contributed by atoms with Crippen LogP contribution in [0.4, 0.5) is 11.5 Å². The van der Waals surface area contributed by atoms with Crippen molar-refractivity contribution in [1.82, 2.24) is 15.0 Å². The summed E-state index contributed by atoms with van der Waals surface area (Å²) in [7, 11) is 0. The Balaban J connectivity index is 2.52. The highest BCUT2D eigenvalue weighted by atomic mass is 16.6. The topological polar surface area (TPSA) is 99.9 Å². The van der Waals surface area contributed by atoms with Gasteiger partial charge in [0.1, 0.15) is 0 Å². The molecule has 0 aliphatic rings. The first-order valence-electron chi connectivity index (χ1n) is 5.50. The average molecular weight is 247 g/mol. The lowest BCUT2D eigenvalue weighted by Gasteiger charge is -2.06. The van der Waals surface area contributed by atoms with Gasteiger partial charge in [0.05, 0.1) is 16.3 Å². The Labute approximate surface area is 103 Å². The van der Waals surface area contributed by atoms with Crippen LogP contribution < -0.4 is 5.73 Å². The zero-order valence-electron chi connectivity index (χ0n) is 10.1. The molecule has 1 aromatic carbocycles. The zero-order valence-corrected chi connectivity index (χ0v) is 10.1. The van der Waals surface area contributed by atoms with Crippen LogP contribution in [0.25, 0.3) is 5.69 Å². The second kappa shape index (κ2) is 4.44. The molecule has 1 heterocycles. The van der Waals surface area contributed by atoms with Crippen LogP contribution in [0.2, 0.25) is 0 Å². The van der Waals surface area contributed by atoms with Gasteiger partial charge in [-0.25, -0.2) is 4.68 Å². The lowest BCUT2D eigenvalue weighted by Crippen LogP contribution is -2.03. The summed E-state index contributed by atoms with van der Waals surface area (Å²) < 4.78 is 1.60. The van der Waals surface area contributed by atoms with Gasteiger partial charge in [-0.3, -0.25) is 10.1 Å². The van der Waals surface area contributed by atoms with Crippen LogP contribution >= 0.6 is 0 Å². The van der Waals surface area contributed by atoms with Gasteiger partial charge in [0.2, 0.25) is 0 Å². The lowest BCUT2D eigenvalue weighted by molar-refractivity contribution is -0.385. The standard InChI is InChI=1S/C11H13N5O2/c1-3-9-11(12)13-14-15(9)8-4-5-10(16(17)18)7(2)6-8/h4-6H,3,12H2,1-2H3. The van der Waals surface area contributed by atoms with Gasteiger partial charge in [-0.1, -0.05) is 12.1 Å². The minimum Gasteiger partial charge on any atom is -0.381 e. The van der Waals surface area contributed by atoms with Crippen LogP contribution in [0, 0.1) is 17.0 Å². The average Bonchev–Trinajstić information content (AvgIpc) is 2.69. The summed E-state index contributed by atoms with van der Waals surface area (Å²) in [5.74, 6) is 0.383. The van der Waals surface area contributed by atoms with Crippen molar-refractivity contribution < 1.29 is 4.92 Å². The number of nitro groups is 1. The molecular formula is C11H13N5O2. The maximum absolute atomic E-state index is 10.7. The summed E-state index contributed by atoms with van der Waals surface area (Å²) in [6, 6.07) is 4.80. The van der Waals surface area contributed by atoms with E-state index < -0.39 is 4.92 Å². The molecule has 2 rings (SSSR count). The molecule has 0 saturated heterocycles. The molecule has 2 aromatic rings. The van der Waals surface area contributed by atoms with Crippen LogP contribution in [0.1, 0.15) is 18.2 Å². The van der Waals surface area contributed by atoms with Crippen LogP contribution in [0.3, 0.4) is 0 Å². The van der Waals surface area contributed by atoms with E-state index in [1.54, 1.807) is 23.7 Å². The summed E-state index contributed by atoms with van der Waals surface area (Å²) in [5, 5.41) is 18.5. The molecule has 0 amide bonds. The molecule has 0 aliphatic carbocycles. The van der Waals surface area contributed by atoms with Gasteiger partial charge in [0.15, 0.2) is 5.82 Å². The highest BCUT2D eigenvalue weighted by molar-refractivity contribution is 5.49. The fraction of sp³-hybridized carbons (Fsp3) is 0.273. The molecule has 0 saturated carbocycles. The van der Waals surface area contributed by atoms with E-state index in [1.165, 1.54) is 6.07 Å². The van der Waals surface area contributed by atoms with E-state index in [4.69, 9.17) is 5.73 Å². The fourth-order valence-corrected chi connectivity index (χ4v) is 1.83. The third kappa shape index (κ3) is 1.90. The van der Waals surface area contributed by atoms with E-state index in [0.29, 0.717) is 17.8 Å². The largest absolute Gasteiger partial charge is 0.381 e. The van der Waals surface area contributed by atoms with E-state index in [-0.39, 0.29) is 5.69 Å². The molecule has 0 aliphatic heterocycles. The monoisotopic (exact) mass is 247 g/mol. The van der Waals surface area contributed by atoms with Gasteiger partial charge < -0.3 is 5.73 Å². The summed E-state index contributed by atoms with van der Waals surface area (Å²) in [6.07, 6.45) is 0.689. The number of nitrogens with two attached hydrogens (primary N) is 1. The second-order valence-electron chi connectivity index (χ2n) is 3.91. The number of aryl methyl sites for hydroxylation is 1. The number of nitrogen functional groups attached to an aromatic ring is 1. The van der Waals surface area contributed by atoms with Gasteiger partial charge in [-0.15, -0.1) is 5.10 Å². The highest BCUT2D eigenvalue weighted by Crippen LogP contribution is 2.22. The van der Waals surface area contributed by atoms with E-state index in [2.05, 4.69) is 10.3 Å². The number of hydrogen-bond acceptors (Lipinski definition) is 5. The number of anilines is 1. The van der Waals surface area contributed by atoms with E-state index in [9.17, 15) is 10.1 Å². The van der Waals surface area contributed by atoms with Gasteiger partial charge >= 0.3 is 0 Å². The van der Waals surface area contributed by atoms with Gasteiger partial charge in [0.25, 0.3) is 5.69 Å². The minimum atomic E-state index is -0.407. The predicted molar refractivity (Wildman–Crippen MR) is 66.5 cm³/mol. The molecule has 0 atom stereocenters. The van der Waals surface area contributed by atoms with Gasteiger partial charge in [0, 0.05) is 11.6 Å². The summed E-state index contributed by atoms with van der Waals surface area (Å²) in [6.45, 7) is 3.64. The molecule has 0 radical (unpaired) electrons. The molecule has 0 fully saturated rings. The molecule has 1 aromatic heterocycles. The SMILES string of the molecule is CCc1c(N)nnn1-c1ccc([N+](=O)[O-])c(C)c1. The quantitative estimate of drug-likeness (QED) is 0.656. The summed E-state index contributed by atoms with van der Waals surface area (Å²) in [5.41, 5.74) is 7.88. The first kappa shape index (κ1) is 12.0. The Morgan fingerprint density at radius 3 is 2.78 bits per heavy atom. The minimum absolute atomic E-state index is 0.0879. The second-order valence-corrected chi connectivity index (χ2v) is 3.91. The molecule has 0 unspecified atom stereocenters. The summed E-state index contributed by atoms with van der Waals surface area (Å²) >= 11 is 0. The third-order valence-corrected chi connectivity index (χ3v) is 2.75.